The van der Waals surface area contributed by atoms with Gasteiger partial charge >= 0.3 is 0 Å². The van der Waals surface area contributed by atoms with Gasteiger partial charge in [-0.05, 0) is 19.1 Å². The molecule has 0 saturated carbocycles. The van der Waals surface area contributed by atoms with Crippen molar-refractivity contribution in [3.63, 3.8) is 0 Å². The first-order valence-electron chi connectivity index (χ1n) is 4.38. The fraction of sp³-hybridized carbons (Fsp3) is 0.400. The molecule has 0 spiro atoms. The fourth-order valence-corrected chi connectivity index (χ4v) is 1.17. The van der Waals surface area contributed by atoms with Crippen molar-refractivity contribution in [1.29, 1.82) is 0 Å². The van der Waals surface area contributed by atoms with E-state index in [9.17, 15) is 9.90 Å². The normalized spacial score (nSPS) is 12.3. The molecule has 14 heavy (non-hydrogen) atoms. The summed E-state index contributed by atoms with van der Waals surface area (Å²) in [6.07, 6.45) is 0.837. The zero-order valence-electron chi connectivity index (χ0n) is 8.56. The first-order chi connectivity index (χ1) is 6.54. The maximum Gasteiger partial charge on any atom is 0.255 e. The van der Waals surface area contributed by atoms with Crippen molar-refractivity contribution in [2.45, 2.75) is 13.0 Å². The van der Waals surface area contributed by atoms with E-state index in [1.165, 1.54) is 4.90 Å². The molecule has 76 valence electrons. The highest BCUT2D eigenvalue weighted by molar-refractivity contribution is 5.95. The van der Waals surface area contributed by atoms with Gasteiger partial charge in [-0.1, -0.05) is 0 Å². The molecule has 1 unspecified atom stereocenters. The Balaban J connectivity index is 3.13. The van der Waals surface area contributed by atoms with Crippen LogP contribution < -0.4 is 0 Å². The topological polar surface area (TPSA) is 53.4 Å². The van der Waals surface area contributed by atoms with Crippen LogP contribution in [0.2, 0.25) is 0 Å². The standard InChI is InChI=1S/C10H14N2O2/c1-7(13)9-8(5-4-6-11-9)10(14)12(2)3/h4-7,13H,1-3H3. The second kappa shape index (κ2) is 4.19. The number of nitrogens with zero attached hydrogens (tertiary/aromatic N) is 2. The molecule has 1 atom stereocenters. The van der Waals surface area contributed by atoms with E-state index in [1.54, 1.807) is 39.3 Å². The Labute approximate surface area is 83.2 Å². The first kappa shape index (κ1) is 10.7. The molecule has 4 nitrogen and oxygen atoms in total. The van der Waals surface area contributed by atoms with Crippen LogP contribution >= 0.6 is 0 Å². The number of pyridine rings is 1. The summed E-state index contributed by atoms with van der Waals surface area (Å²) in [7, 11) is 3.34. The monoisotopic (exact) mass is 194 g/mol. The number of hydrogen-bond donors (Lipinski definition) is 1. The lowest BCUT2D eigenvalue weighted by Gasteiger charge is -2.14. The van der Waals surface area contributed by atoms with E-state index in [1.807, 2.05) is 0 Å². The minimum atomic E-state index is -0.727. The molecule has 1 aromatic rings. The number of aromatic nitrogens is 1. The van der Waals surface area contributed by atoms with Gasteiger partial charge in [-0.3, -0.25) is 9.78 Å². The highest BCUT2D eigenvalue weighted by Crippen LogP contribution is 2.15. The molecule has 1 N–H and O–H groups in total. The molecule has 0 aliphatic carbocycles. The van der Waals surface area contributed by atoms with E-state index in [2.05, 4.69) is 4.98 Å². The number of amides is 1. The molecule has 0 aliphatic rings. The van der Waals surface area contributed by atoms with Crippen molar-refractivity contribution >= 4 is 5.91 Å². The minimum Gasteiger partial charge on any atom is -0.387 e. The second-order valence-corrected chi connectivity index (χ2v) is 3.31. The van der Waals surface area contributed by atoms with Gasteiger partial charge in [-0.25, -0.2) is 0 Å². The Morgan fingerprint density at radius 3 is 2.71 bits per heavy atom. The van der Waals surface area contributed by atoms with Gasteiger partial charge in [0.2, 0.25) is 0 Å². The molecule has 0 fully saturated rings. The van der Waals surface area contributed by atoms with Gasteiger partial charge in [-0.2, -0.15) is 0 Å². The summed E-state index contributed by atoms with van der Waals surface area (Å²) in [6.45, 7) is 1.59. The van der Waals surface area contributed by atoms with E-state index in [-0.39, 0.29) is 5.91 Å². The van der Waals surface area contributed by atoms with Gasteiger partial charge in [0.25, 0.3) is 5.91 Å². The molecule has 1 rings (SSSR count). The Morgan fingerprint density at radius 1 is 1.57 bits per heavy atom. The Morgan fingerprint density at radius 2 is 2.21 bits per heavy atom. The molecule has 0 radical (unpaired) electrons. The third-order valence-electron chi connectivity index (χ3n) is 1.87. The summed E-state index contributed by atoms with van der Waals surface area (Å²) in [4.78, 5) is 17.1. The average Bonchev–Trinajstić information content (AvgIpc) is 2.16. The number of hydrogen-bond acceptors (Lipinski definition) is 3. The zero-order valence-corrected chi connectivity index (χ0v) is 8.56. The largest absolute Gasteiger partial charge is 0.387 e. The maximum absolute atomic E-state index is 11.6. The predicted molar refractivity (Wildman–Crippen MR) is 52.9 cm³/mol. The minimum absolute atomic E-state index is 0.144. The van der Waals surface area contributed by atoms with E-state index in [4.69, 9.17) is 0 Å². The van der Waals surface area contributed by atoms with Gasteiger partial charge < -0.3 is 10.0 Å². The SMILES string of the molecule is CC(O)c1ncccc1C(=O)N(C)C. The van der Waals surface area contributed by atoms with E-state index in [0.29, 0.717) is 11.3 Å². The fourth-order valence-electron chi connectivity index (χ4n) is 1.17. The molecule has 0 saturated heterocycles. The molecule has 0 aliphatic heterocycles. The van der Waals surface area contributed by atoms with Crippen molar-refractivity contribution in [1.82, 2.24) is 9.88 Å². The zero-order chi connectivity index (χ0) is 10.7. The van der Waals surface area contributed by atoms with Gasteiger partial charge in [0.15, 0.2) is 0 Å². The van der Waals surface area contributed by atoms with Gasteiger partial charge in [-0.15, -0.1) is 0 Å². The van der Waals surface area contributed by atoms with Crippen molar-refractivity contribution in [2.75, 3.05) is 14.1 Å². The number of aliphatic hydroxyl groups is 1. The predicted octanol–water partition coefficient (Wildman–Crippen LogP) is 0.837. The van der Waals surface area contributed by atoms with Crippen LogP contribution in [0.3, 0.4) is 0 Å². The molecule has 0 bridgehead atoms. The highest BCUT2D eigenvalue weighted by Gasteiger charge is 2.16. The second-order valence-electron chi connectivity index (χ2n) is 3.31. The van der Waals surface area contributed by atoms with Crippen molar-refractivity contribution in [3.8, 4) is 0 Å². The summed E-state index contributed by atoms with van der Waals surface area (Å²) in [5.41, 5.74) is 0.874. The summed E-state index contributed by atoms with van der Waals surface area (Å²) in [6, 6.07) is 3.35. The molecular formula is C10H14N2O2. The summed E-state index contributed by atoms with van der Waals surface area (Å²) < 4.78 is 0. The van der Waals surface area contributed by atoms with Crippen LogP contribution in [0.25, 0.3) is 0 Å². The van der Waals surface area contributed by atoms with E-state index >= 15 is 0 Å². The summed E-state index contributed by atoms with van der Waals surface area (Å²) in [5, 5.41) is 9.40. The van der Waals surface area contributed by atoms with Gasteiger partial charge in [0, 0.05) is 20.3 Å². The number of carbonyl (C=O) groups is 1. The van der Waals surface area contributed by atoms with Crippen molar-refractivity contribution < 1.29 is 9.90 Å². The molecule has 4 heteroatoms. The van der Waals surface area contributed by atoms with Crippen LogP contribution in [0, 0.1) is 0 Å². The Bertz CT molecular complexity index is 335. The molecule has 1 aromatic heterocycles. The number of aliphatic hydroxyl groups excluding tert-OH is 1. The van der Waals surface area contributed by atoms with Crippen molar-refractivity contribution in [2.24, 2.45) is 0 Å². The molecule has 1 heterocycles. The lowest BCUT2D eigenvalue weighted by Crippen LogP contribution is -2.23. The van der Waals surface area contributed by atoms with Crippen LogP contribution in [0.5, 0.6) is 0 Å². The third kappa shape index (κ3) is 2.09. The number of carbonyl (C=O) groups excluding carboxylic acids is 1. The van der Waals surface area contributed by atoms with Crippen LogP contribution in [0.4, 0.5) is 0 Å². The van der Waals surface area contributed by atoms with Gasteiger partial charge in [0.1, 0.15) is 0 Å². The van der Waals surface area contributed by atoms with E-state index in [0.717, 1.165) is 0 Å². The smallest absolute Gasteiger partial charge is 0.255 e. The van der Waals surface area contributed by atoms with Crippen LogP contribution in [-0.2, 0) is 0 Å². The van der Waals surface area contributed by atoms with Crippen LogP contribution in [0.1, 0.15) is 29.1 Å². The van der Waals surface area contributed by atoms with Crippen LogP contribution in [0.15, 0.2) is 18.3 Å². The third-order valence-corrected chi connectivity index (χ3v) is 1.87. The first-order valence-corrected chi connectivity index (χ1v) is 4.38. The molecule has 1 amide bonds. The average molecular weight is 194 g/mol. The van der Waals surface area contributed by atoms with Crippen molar-refractivity contribution in [3.05, 3.63) is 29.6 Å². The summed E-state index contributed by atoms with van der Waals surface area (Å²) >= 11 is 0. The van der Waals surface area contributed by atoms with E-state index < -0.39 is 6.10 Å². The van der Waals surface area contributed by atoms with Gasteiger partial charge in [0.05, 0.1) is 17.4 Å². The lowest BCUT2D eigenvalue weighted by molar-refractivity contribution is 0.0820. The molecular weight excluding hydrogens is 180 g/mol. The van der Waals surface area contributed by atoms with Crippen LogP contribution in [-0.4, -0.2) is 35.0 Å². The highest BCUT2D eigenvalue weighted by atomic mass is 16.3. The lowest BCUT2D eigenvalue weighted by atomic mass is 10.1. The Hall–Kier alpha value is -1.42. The summed E-state index contributed by atoms with van der Waals surface area (Å²) in [5.74, 6) is -0.144. The maximum atomic E-state index is 11.6. The number of rotatable bonds is 2. The quantitative estimate of drug-likeness (QED) is 0.759. The Kier molecular flexibility index (Phi) is 3.19. The molecule has 0 aromatic carbocycles.